The molecular formula is C16H27N7O3. The number of guanidine groups is 1. The Labute approximate surface area is 153 Å². The van der Waals surface area contributed by atoms with Crippen LogP contribution in [-0.4, -0.2) is 97.9 Å². The summed E-state index contributed by atoms with van der Waals surface area (Å²) in [7, 11) is 6.80. The van der Waals surface area contributed by atoms with Crippen molar-refractivity contribution in [2.45, 2.75) is 0 Å². The molecule has 1 aromatic heterocycles. The van der Waals surface area contributed by atoms with Crippen molar-refractivity contribution < 1.29 is 14.3 Å². The summed E-state index contributed by atoms with van der Waals surface area (Å²) in [4.78, 5) is 33.8. The molecule has 10 heteroatoms. The summed E-state index contributed by atoms with van der Waals surface area (Å²) in [6.07, 6.45) is 3.49. The Hall–Kier alpha value is -2.62. The van der Waals surface area contributed by atoms with Crippen LogP contribution in [0.5, 0.6) is 0 Å². The molecule has 10 nitrogen and oxygen atoms in total. The molecule has 0 unspecified atom stereocenters. The topological polar surface area (TPSA) is 95.3 Å². The minimum Gasteiger partial charge on any atom is -0.383 e. The minimum absolute atomic E-state index is 0.0271. The van der Waals surface area contributed by atoms with Gasteiger partial charge in [0, 0.05) is 54.1 Å². The number of methoxy groups -OCH3 is 1. The number of amides is 2. The molecule has 2 rings (SSSR count). The SMILES string of the molecule is COCCNC(=NCC(=O)N(C)C)N1CCN(c2cnn(C)c2)C(=O)C1. The number of carbonyl (C=O) groups is 2. The van der Waals surface area contributed by atoms with E-state index in [2.05, 4.69) is 15.4 Å². The van der Waals surface area contributed by atoms with Gasteiger partial charge in [0.2, 0.25) is 11.8 Å². The first kappa shape index (κ1) is 19.7. The van der Waals surface area contributed by atoms with Crippen LogP contribution in [0, 0.1) is 0 Å². The second kappa shape index (κ2) is 9.18. The van der Waals surface area contributed by atoms with Crippen molar-refractivity contribution in [1.82, 2.24) is 24.9 Å². The van der Waals surface area contributed by atoms with E-state index in [0.29, 0.717) is 32.2 Å². The fraction of sp³-hybridized carbons (Fsp3) is 0.625. The third-order valence-electron chi connectivity index (χ3n) is 3.98. The van der Waals surface area contributed by atoms with Crippen molar-refractivity contribution in [2.75, 3.05) is 65.4 Å². The van der Waals surface area contributed by atoms with Gasteiger partial charge in [-0.05, 0) is 0 Å². The average Bonchev–Trinajstić information content (AvgIpc) is 3.03. The predicted octanol–water partition coefficient (Wildman–Crippen LogP) is -1.25. The molecule has 1 aliphatic rings. The molecule has 1 fully saturated rings. The zero-order valence-corrected chi connectivity index (χ0v) is 15.8. The Morgan fingerprint density at radius 3 is 2.77 bits per heavy atom. The lowest BCUT2D eigenvalue weighted by Gasteiger charge is -2.35. The molecule has 1 saturated heterocycles. The molecular weight excluding hydrogens is 338 g/mol. The Morgan fingerprint density at radius 1 is 1.42 bits per heavy atom. The number of aliphatic imine (C=N–C) groups is 1. The van der Waals surface area contributed by atoms with Gasteiger partial charge in [0.1, 0.15) is 13.1 Å². The van der Waals surface area contributed by atoms with Crippen molar-refractivity contribution in [3.8, 4) is 0 Å². The number of nitrogens with zero attached hydrogens (tertiary/aromatic N) is 6. The van der Waals surface area contributed by atoms with E-state index >= 15 is 0 Å². The largest absolute Gasteiger partial charge is 0.383 e. The van der Waals surface area contributed by atoms with Gasteiger partial charge in [0.25, 0.3) is 0 Å². The monoisotopic (exact) mass is 365 g/mol. The van der Waals surface area contributed by atoms with Gasteiger partial charge in [-0.15, -0.1) is 0 Å². The second-order valence-corrected chi connectivity index (χ2v) is 6.19. The maximum absolute atomic E-state index is 12.6. The molecule has 1 aliphatic heterocycles. The van der Waals surface area contributed by atoms with Crippen LogP contribution in [0.4, 0.5) is 5.69 Å². The van der Waals surface area contributed by atoms with Crippen molar-refractivity contribution in [1.29, 1.82) is 0 Å². The van der Waals surface area contributed by atoms with Crippen molar-refractivity contribution in [3.63, 3.8) is 0 Å². The third-order valence-corrected chi connectivity index (χ3v) is 3.98. The Balaban J connectivity index is 2.04. The molecule has 26 heavy (non-hydrogen) atoms. The molecule has 2 amide bonds. The molecule has 1 N–H and O–H groups in total. The van der Waals surface area contributed by atoms with Gasteiger partial charge in [0.05, 0.1) is 18.5 Å². The first-order valence-corrected chi connectivity index (χ1v) is 8.43. The number of piperazine rings is 1. The van der Waals surface area contributed by atoms with E-state index in [9.17, 15) is 9.59 Å². The van der Waals surface area contributed by atoms with Gasteiger partial charge in [-0.2, -0.15) is 5.10 Å². The van der Waals surface area contributed by atoms with Crippen LogP contribution in [0.15, 0.2) is 17.4 Å². The molecule has 0 aliphatic carbocycles. The summed E-state index contributed by atoms with van der Waals surface area (Å²) in [6.45, 7) is 2.39. The number of hydrogen-bond acceptors (Lipinski definition) is 5. The molecule has 0 bridgehead atoms. The van der Waals surface area contributed by atoms with Crippen LogP contribution in [0.25, 0.3) is 0 Å². The van der Waals surface area contributed by atoms with Crippen molar-refractivity contribution >= 4 is 23.5 Å². The molecule has 2 heterocycles. The van der Waals surface area contributed by atoms with Gasteiger partial charge in [-0.3, -0.25) is 14.3 Å². The average molecular weight is 365 g/mol. The Kier molecular flexibility index (Phi) is 6.96. The summed E-state index contributed by atoms with van der Waals surface area (Å²) >= 11 is 0. The smallest absolute Gasteiger partial charge is 0.246 e. The van der Waals surface area contributed by atoms with Gasteiger partial charge in [-0.1, -0.05) is 0 Å². The highest BCUT2D eigenvalue weighted by Gasteiger charge is 2.27. The maximum Gasteiger partial charge on any atom is 0.246 e. The summed E-state index contributed by atoms with van der Waals surface area (Å²) in [5.41, 5.74) is 0.783. The van der Waals surface area contributed by atoms with Crippen LogP contribution >= 0.6 is 0 Å². The van der Waals surface area contributed by atoms with Crippen LogP contribution in [0.1, 0.15) is 0 Å². The Bertz CT molecular complexity index is 656. The predicted molar refractivity (Wildman–Crippen MR) is 98.0 cm³/mol. The lowest BCUT2D eigenvalue weighted by atomic mass is 10.3. The van der Waals surface area contributed by atoms with Crippen molar-refractivity contribution in [3.05, 3.63) is 12.4 Å². The second-order valence-electron chi connectivity index (χ2n) is 6.19. The minimum atomic E-state index is -0.101. The maximum atomic E-state index is 12.6. The van der Waals surface area contributed by atoms with E-state index in [-0.39, 0.29) is 24.9 Å². The summed E-state index contributed by atoms with van der Waals surface area (Å²) in [6, 6.07) is 0. The van der Waals surface area contributed by atoms with E-state index in [4.69, 9.17) is 4.74 Å². The summed E-state index contributed by atoms with van der Waals surface area (Å²) in [5.74, 6) is 0.400. The summed E-state index contributed by atoms with van der Waals surface area (Å²) in [5, 5.41) is 7.27. The number of hydrogen-bond donors (Lipinski definition) is 1. The van der Waals surface area contributed by atoms with E-state index in [1.165, 1.54) is 4.90 Å². The molecule has 144 valence electrons. The molecule has 0 saturated carbocycles. The number of nitrogens with one attached hydrogen (secondary N) is 1. The van der Waals surface area contributed by atoms with E-state index in [0.717, 1.165) is 5.69 Å². The van der Waals surface area contributed by atoms with Gasteiger partial charge < -0.3 is 24.8 Å². The highest BCUT2D eigenvalue weighted by molar-refractivity contribution is 5.98. The molecule has 0 aromatic carbocycles. The lowest BCUT2D eigenvalue weighted by Crippen LogP contribution is -2.55. The van der Waals surface area contributed by atoms with Gasteiger partial charge >= 0.3 is 0 Å². The molecule has 0 spiro atoms. The fourth-order valence-electron chi connectivity index (χ4n) is 2.49. The number of aryl methyl sites for hydroxylation is 1. The standard InChI is InChI=1S/C16H27N7O3/c1-20(2)14(24)10-18-16(17-5-8-26-4)22-6-7-23(15(25)12-22)13-9-19-21(3)11-13/h9,11H,5-8,10,12H2,1-4H3,(H,17,18). The number of ether oxygens (including phenoxy) is 1. The van der Waals surface area contributed by atoms with E-state index in [1.54, 1.807) is 37.0 Å². The number of likely N-dealkylation sites (N-methyl/N-ethyl adjacent to an activating group) is 1. The summed E-state index contributed by atoms with van der Waals surface area (Å²) < 4.78 is 6.71. The lowest BCUT2D eigenvalue weighted by molar-refractivity contribution is -0.127. The number of aromatic nitrogens is 2. The number of anilines is 1. The van der Waals surface area contributed by atoms with Crippen LogP contribution in [0.2, 0.25) is 0 Å². The molecule has 0 atom stereocenters. The number of rotatable bonds is 6. The highest BCUT2D eigenvalue weighted by atomic mass is 16.5. The van der Waals surface area contributed by atoms with Gasteiger partial charge in [-0.25, -0.2) is 4.99 Å². The first-order valence-electron chi connectivity index (χ1n) is 8.43. The number of carbonyl (C=O) groups excluding carboxylic acids is 2. The zero-order chi connectivity index (χ0) is 19.1. The fourth-order valence-corrected chi connectivity index (χ4v) is 2.49. The third kappa shape index (κ3) is 5.19. The molecule has 0 radical (unpaired) electrons. The normalized spacial score (nSPS) is 15.4. The van der Waals surface area contributed by atoms with Crippen molar-refractivity contribution in [2.24, 2.45) is 12.0 Å². The van der Waals surface area contributed by atoms with Crippen LogP contribution in [0.3, 0.4) is 0 Å². The van der Waals surface area contributed by atoms with Gasteiger partial charge in [0.15, 0.2) is 5.96 Å². The van der Waals surface area contributed by atoms with Crippen LogP contribution < -0.4 is 10.2 Å². The highest BCUT2D eigenvalue weighted by Crippen LogP contribution is 2.16. The Morgan fingerprint density at radius 2 is 2.19 bits per heavy atom. The quantitative estimate of drug-likeness (QED) is 0.384. The van der Waals surface area contributed by atoms with Crippen LogP contribution in [-0.2, 0) is 21.4 Å². The molecule has 1 aromatic rings. The first-order chi connectivity index (χ1) is 12.4. The zero-order valence-electron chi connectivity index (χ0n) is 15.8. The van der Waals surface area contributed by atoms with E-state index in [1.807, 2.05) is 18.1 Å². The van der Waals surface area contributed by atoms with E-state index < -0.39 is 0 Å².